The third-order valence-corrected chi connectivity index (χ3v) is 6.35. The van der Waals surface area contributed by atoms with Gasteiger partial charge < -0.3 is 32.9 Å². The van der Waals surface area contributed by atoms with Crippen molar-refractivity contribution >= 4 is 23.7 Å². The summed E-state index contributed by atoms with van der Waals surface area (Å²) in [6.07, 6.45) is 0.803. The first-order valence-corrected chi connectivity index (χ1v) is 13.1. The van der Waals surface area contributed by atoms with Crippen LogP contribution in [-0.2, 0) is 20.8 Å². The number of nitrogens with zero attached hydrogens (tertiary/aromatic N) is 1. The average Bonchev–Trinajstić information content (AvgIpc) is 2.95. The van der Waals surface area contributed by atoms with Crippen molar-refractivity contribution in [2.24, 2.45) is 22.2 Å². The van der Waals surface area contributed by atoms with Crippen molar-refractivity contribution in [3.8, 4) is 11.1 Å². The first kappa shape index (κ1) is 29.9. The second-order valence-electron chi connectivity index (χ2n) is 9.46. The normalized spacial score (nSPS) is 12.9. The Morgan fingerprint density at radius 1 is 0.825 bits per heavy atom. The second-order valence-corrected chi connectivity index (χ2v) is 9.46. The first-order valence-electron chi connectivity index (χ1n) is 13.1. The molecule has 3 aromatic carbocycles. The fraction of sp³-hybridized carbons (Fsp3) is 0.267. The third kappa shape index (κ3) is 9.55. The molecule has 0 aromatic heterocycles. The third-order valence-electron chi connectivity index (χ3n) is 6.35. The number of guanidine groups is 1. The Labute approximate surface area is 233 Å². The van der Waals surface area contributed by atoms with Crippen LogP contribution in [0, 0.1) is 0 Å². The molecule has 0 unspecified atom stereocenters. The number of aliphatic carboxylic acids is 1. The highest BCUT2D eigenvalue weighted by molar-refractivity contribution is 5.86. The van der Waals surface area contributed by atoms with Gasteiger partial charge in [0, 0.05) is 13.0 Å². The molecule has 0 saturated carbocycles. The number of carbonyl (C=O) groups excluding carboxylic acids is 2. The molecule has 2 amide bonds. The van der Waals surface area contributed by atoms with Gasteiger partial charge in [-0.15, -0.1) is 0 Å². The lowest BCUT2D eigenvalue weighted by atomic mass is 9.98. The van der Waals surface area contributed by atoms with Crippen molar-refractivity contribution in [1.29, 1.82) is 0 Å². The van der Waals surface area contributed by atoms with Gasteiger partial charge in [-0.05, 0) is 35.1 Å². The molecule has 0 saturated heterocycles. The van der Waals surface area contributed by atoms with Gasteiger partial charge in [-0.2, -0.15) is 0 Å². The smallest absolute Gasteiger partial charge is 0.326 e. The highest BCUT2D eigenvalue weighted by Gasteiger charge is 2.25. The van der Waals surface area contributed by atoms with E-state index in [4.69, 9.17) is 17.2 Å². The van der Waals surface area contributed by atoms with Crippen molar-refractivity contribution in [2.75, 3.05) is 6.54 Å². The lowest BCUT2D eigenvalue weighted by molar-refractivity contribution is -0.142. The molecular weight excluding hydrogens is 508 g/mol. The van der Waals surface area contributed by atoms with E-state index in [0.29, 0.717) is 24.9 Å². The summed E-state index contributed by atoms with van der Waals surface area (Å²) in [5.41, 5.74) is 20.2. The number of hydrogen-bond acceptors (Lipinski definition) is 5. The van der Waals surface area contributed by atoms with Crippen LogP contribution in [0.5, 0.6) is 0 Å². The molecule has 0 spiro atoms. The molecule has 0 bridgehead atoms. The fourth-order valence-electron chi connectivity index (χ4n) is 4.21. The first-order chi connectivity index (χ1) is 19.2. The van der Waals surface area contributed by atoms with Crippen molar-refractivity contribution in [1.82, 2.24) is 10.6 Å². The van der Waals surface area contributed by atoms with Crippen molar-refractivity contribution in [3.63, 3.8) is 0 Å². The number of benzene rings is 3. The number of amides is 2. The number of hydrogen-bond donors (Lipinski definition) is 6. The highest BCUT2D eigenvalue weighted by Crippen LogP contribution is 2.24. The Balaban J connectivity index is 1.74. The van der Waals surface area contributed by atoms with Crippen LogP contribution in [0.4, 0.5) is 0 Å². The molecule has 10 heteroatoms. The van der Waals surface area contributed by atoms with E-state index in [1.165, 1.54) is 0 Å². The quantitative estimate of drug-likeness (QED) is 0.102. The van der Waals surface area contributed by atoms with Crippen LogP contribution in [0.2, 0.25) is 0 Å². The molecule has 10 nitrogen and oxygen atoms in total. The maximum atomic E-state index is 13.1. The molecule has 9 N–H and O–H groups in total. The van der Waals surface area contributed by atoms with Crippen molar-refractivity contribution in [3.05, 3.63) is 96.1 Å². The van der Waals surface area contributed by atoms with E-state index in [9.17, 15) is 19.5 Å². The molecular formula is C30H36N6O4. The van der Waals surface area contributed by atoms with E-state index in [1.54, 1.807) is 24.3 Å². The van der Waals surface area contributed by atoms with Crippen LogP contribution in [0.3, 0.4) is 0 Å². The number of carboxylic acid groups (broad SMARTS) is 1. The molecule has 3 atom stereocenters. The minimum absolute atomic E-state index is 0.0324. The van der Waals surface area contributed by atoms with Crippen molar-refractivity contribution in [2.45, 2.75) is 43.8 Å². The topological polar surface area (TPSA) is 186 Å². The molecule has 3 rings (SSSR count). The molecule has 0 radical (unpaired) electrons. The minimum Gasteiger partial charge on any atom is -0.480 e. The van der Waals surface area contributed by atoms with Gasteiger partial charge in [0.25, 0.3) is 0 Å². The zero-order valence-electron chi connectivity index (χ0n) is 22.2. The van der Waals surface area contributed by atoms with Crippen LogP contribution in [0.25, 0.3) is 11.1 Å². The standard InChI is InChI=1S/C30H36N6O4/c31-24(12-7-17-34-30(32)33)28(38)36-25(23-15-13-22(14-16-23)21-10-5-2-6-11-21)19-27(37)35-26(29(39)40)18-20-8-3-1-4-9-20/h1-6,8-11,13-16,24-26H,7,12,17-19,31H2,(H,35,37)(H,36,38)(H,39,40)(H4,32,33,34)/t24-,25+,26-/m0/s1. The number of nitrogens with two attached hydrogens (primary N) is 3. The summed E-state index contributed by atoms with van der Waals surface area (Å²) in [5.74, 6) is -2.13. The lowest BCUT2D eigenvalue weighted by Gasteiger charge is -2.23. The van der Waals surface area contributed by atoms with E-state index in [2.05, 4.69) is 15.6 Å². The van der Waals surface area contributed by atoms with Crippen LogP contribution < -0.4 is 27.8 Å². The number of rotatable bonds is 14. The van der Waals surface area contributed by atoms with Gasteiger partial charge in [0.05, 0.1) is 18.5 Å². The van der Waals surface area contributed by atoms with Gasteiger partial charge >= 0.3 is 5.97 Å². The molecule has 0 aliphatic heterocycles. The molecule has 0 fully saturated rings. The zero-order chi connectivity index (χ0) is 28.9. The molecule has 210 valence electrons. The molecule has 0 heterocycles. The molecule has 0 aliphatic rings. The Bertz CT molecular complexity index is 1280. The predicted molar refractivity (Wildman–Crippen MR) is 155 cm³/mol. The van der Waals surface area contributed by atoms with E-state index < -0.39 is 35.9 Å². The molecule has 40 heavy (non-hydrogen) atoms. The summed E-state index contributed by atoms with van der Waals surface area (Å²) in [4.78, 5) is 41.8. The minimum atomic E-state index is -1.15. The maximum Gasteiger partial charge on any atom is 0.326 e. The van der Waals surface area contributed by atoms with E-state index in [0.717, 1.165) is 16.7 Å². The number of aliphatic imine (C=N–C) groups is 1. The highest BCUT2D eigenvalue weighted by atomic mass is 16.4. The van der Waals surface area contributed by atoms with Gasteiger partial charge in [0.15, 0.2) is 5.96 Å². The monoisotopic (exact) mass is 544 g/mol. The Hall–Kier alpha value is -4.70. The Morgan fingerprint density at radius 3 is 2.02 bits per heavy atom. The summed E-state index contributed by atoms with van der Waals surface area (Å²) < 4.78 is 0. The average molecular weight is 545 g/mol. The van der Waals surface area contributed by atoms with Crippen LogP contribution >= 0.6 is 0 Å². The summed E-state index contributed by atoms with van der Waals surface area (Å²) in [5, 5.41) is 15.2. The second kappa shape index (κ2) is 15.0. The van der Waals surface area contributed by atoms with E-state index in [1.807, 2.05) is 60.7 Å². The van der Waals surface area contributed by atoms with Gasteiger partial charge in [-0.3, -0.25) is 14.6 Å². The number of carboxylic acids is 1. The van der Waals surface area contributed by atoms with E-state index in [-0.39, 0.29) is 18.8 Å². The van der Waals surface area contributed by atoms with Crippen LogP contribution in [-0.4, -0.2) is 47.5 Å². The molecule has 0 aliphatic carbocycles. The Morgan fingerprint density at radius 2 is 1.43 bits per heavy atom. The van der Waals surface area contributed by atoms with Gasteiger partial charge in [0.2, 0.25) is 11.8 Å². The fourth-order valence-corrected chi connectivity index (χ4v) is 4.21. The predicted octanol–water partition coefficient (Wildman–Crippen LogP) is 2.09. The SMILES string of the molecule is NC(N)=NCCC[C@H](N)C(=O)N[C@H](CC(=O)N[C@@H](Cc1ccccc1)C(=O)O)c1ccc(-c2ccccc2)cc1. The van der Waals surface area contributed by atoms with Crippen LogP contribution in [0.1, 0.15) is 36.4 Å². The summed E-state index contributed by atoms with van der Waals surface area (Å²) in [7, 11) is 0. The summed E-state index contributed by atoms with van der Waals surface area (Å²) in [6.45, 7) is 0.341. The largest absolute Gasteiger partial charge is 0.480 e. The summed E-state index contributed by atoms with van der Waals surface area (Å²) >= 11 is 0. The van der Waals surface area contributed by atoms with E-state index >= 15 is 0 Å². The summed E-state index contributed by atoms with van der Waals surface area (Å²) in [6, 6.07) is 23.6. The zero-order valence-corrected chi connectivity index (χ0v) is 22.2. The molecule has 3 aromatic rings. The van der Waals surface area contributed by atoms with Gasteiger partial charge in [0.1, 0.15) is 6.04 Å². The van der Waals surface area contributed by atoms with Gasteiger partial charge in [-0.25, -0.2) is 4.79 Å². The van der Waals surface area contributed by atoms with Crippen molar-refractivity contribution < 1.29 is 19.5 Å². The van der Waals surface area contributed by atoms with Gasteiger partial charge in [-0.1, -0.05) is 84.9 Å². The number of carbonyl (C=O) groups is 3. The lowest BCUT2D eigenvalue weighted by Crippen LogP contribution is -2.46. The Kier molecular flexibility index (Phi) is 11.2. The van der Waals surface area contributed by atoms with Crippen LogP contribution in [0.15, 0.2) is 89.9 Å². The number of nitrogens with one attached hydrogen (secondary N) is 2. The maximum absolute atomic E-state index is 13.1.